The van der Waals surface area contributed by atoms with Gasteiger partial charge in [0.25, 0.3) is 5.91 Å². The summed E-state index contributed by atoms with van der Waals surface area (Å²) in [7, 11) is 0. The Hall–Kier alpha value is -1.81. The first-order valence-electron chi connectivity index (χ1n) is 8.17. The number of hydrogen-bond acceptors (Lipinski definition) is 3. The van der Waals surface area contributed by atoms with Crippen LogP contribution in [0.1, 0.15) is 47.4 Å². The van der Waals surface area contributed by atoms with Crippen LogP contribution in [-0.4, -0.2) is 24.0 Å². The van der Waals surface area contributed by atoms with Gasteiger partial charge >= 0.3 is 0 Å². The first kappa shape index (κ1) is 13.8. The average molecular weight is 298 g/mol. The van der Waals surface area contributed by atoms with Crippen molar-refractivity contribution in [2.75, 3.05) is 0 Å². The Bertz CT molecular complexity index is 722. The van der Waals surface area contributed by atoms with Crippen molar-refractivity contribution in [3.8, 4) is 0 Å². The molecule has 2 fully saturated rings. The van der Waals surface area contributed by atoms with Gasteiger partial charge < -0.3 is 15.1 Å². The second-order valence-corrected chi connectivity index (χ2v) is 6.79. The van der Waals surface area contributed by atoms with E-state index in [4.69, 9.17) is 4.42 Å². The predicted octanol–water partition coefficient (Wildman–Crippen LogP) is 3.06. The summed E-state index contributed by atoms with van der Waals surface area (Å²) in [6.07, 6.45) is 4.53. The van der Waals surface area contributed by atoms with Crippen molar-refractivity contribution in [1.82, 2.24) is 10.6 Å². The molecule has 4 rings (SSSR count). The number of amides is 1. The fourth-order valence-corrected chi connectivity index (χ4v) is 4.03. The Morgan fingerprint density at radius 3 is 2.64 bits per heavy atom. The van der Waals surface area contributed by atoms with Crippen LogP contribution < -0.4 is 10.6 Å². The summed E-state index contributed by atoms with van der Waals surface area (Å²) in [6, 6.07) is 7.44. The van der Waals surface area contributed by atoms with Gasteiger partial charge in [-0.05, 0) is 45.1 Å². The molecule has 1 aromatic heterocycles. The predicted molar refractivity (Wildman–Crippen MR) is 86.1 cm³/mol. The second kappa shape index (κ2) is 5.13. The highest BCUT2D eigenvalue weighted by atomic mass is 16.3. The zero-order valence-electron chi connectivity index (χ0n) is 13.1. The van der Waals surface area contributed by atoms with E-state index in [9.17, 15) is 4.79 Å². The number of carbonyl (C=O) groups is 1. The molecule has 2 atom stereocenters. The van der Waals surface area contributed by atoms with E-state index in [2.05, 4.69) is 10.6 Å². The van der Waals surface area contributed by atoms with Gasteiger partial charge in [0.15, 0.2) is 5.76 Å². The molecule has 2 aromatic rings. The lowest BCUT2D eigenvalue weighted by atomic mass is 9.99. The number of aryl methyl sites for hydroxylation is 2. The van der Waals surface area contributed by atoms with E-state index >= 15 is 0 Å². The quantitative estimate of drug-likeness (QED) is 0.896. The molecular weight excluding hydrogens is 276 g/mol. The molecule has 0 radical (unpaired) electrons. The molecule has 3 heterocycles. The Labute approximate surface area is 130 Å². The molecule has 0 aliphatic carbocycles. The standard InChI is InChI=1S/C18H22N2O2/c1-10-4-3-5-15-11(2)17(22-16(10)15)18(21)20-14-8-12-6-7-13(9-14)19-12/h3-5,12-14,19H,6-9H2,1-2H3,(H,20,21). The third kappa shape index (κ3) is 2.22. The molecule has 2 aliphatic heterocycles. The van der Waals surface area contributed by atoms with E-state index in [1.807, 2.05) is 32.0 Å². The monoisotopic (exact) mass is 298 g/mol. The molecular formula is C18H22N2O2. The fourth-order valence-electron chi connectivity index (χ4n) is 4.03. The second-order valence-electron chi connectivity index (χ2n) is 6.79. The number of carbonyl (C=O) groups excluding carboxylic acids is 1. The summed E-state index contributed by atoms with van der Waals surface area (Å²) in [5, 5.41) is 7.82. The molecule has 1 amide bonds. The Kier molecular flexibility index (Phi) is 3.22. The first-order chi connectivity index (χ1) is 10.6. The van der Waals surface area contributed by atoms with Gasteiger partial charge in [-0.25, -0.2) is 0 Å². The van der Waals surface area contributed by atoms with Crippen LogP contribution in [0.4, 0.5) is 0 Å². The molecule has 2 saturated heterocycles. The SMILES string of the molecule is Cc1c(C(=O)NC2CC3CCC(C2)N3)oc2c(C)cccc12. The van der Waals surface area contributed by atoms with Gasteiger partial charge in [-0.3, -0.25) is 4.79 Å². The summed E-state index contributed by atoms with van der Waals surface area (Å²) in [4.78, 5) is 12.6. The van der Waals surface area contributed by atoms with E-state index in [1.54, 1.807) is 0 Å². The van der Waals surface area contributed by atoms with Crippen LogP contribution in [-0.2, 0) is 0 Å². The third-order valence-electron chi connectivity index (χ3n) is 5.18. The van der Waals surface area contributed by atoms with Gasteiger partial charge in [-0.15, -0.1) is 0 Å². The number of furan rings is 1. The maximum atomic E-state index is 12.6. The molecule has 1 aromatic carbocycles. The highest BCUT2D eigenvalue weighted by Crippen LogP contribution is 2.29. The van der Waals surface area contributed by atoms with E-state index in [0.29, 0.717) is 17.8 Å². The largest absolute Gasteiger partial charge is 0.450 e. The van der Waals surface area contributed by atoms with Crippen molar-refractivity contribution >= 4 is 16.9 Å². The molecule has 0 saturated carbocycles. The summed E-state index contributed by atoms with van der Waals surface area (Å²) < 4.78 is 5.87. The minimum atomic E-state index is -0.0700. The van der Waals surface area contributed by atoms with E-state index in [0.717, 1.165) is 34.9 Å². The molecule has 4 nitrogen and oxygen atoms in total. The van der Waals surface area contributed by atoms with Crippen LogP contribution in [0.25, 0.3) is 11.0 Å². The lowest BCUT2D eigenvalue weighted by Gasteiger charge is -2.29. The summed E-state index contributed by atoms with van der Waals surface area (Å²) in [5.74, 6) is 0.398. The summed E-state index contributed by atoms with van der Waals surface area (Å²) in [6.45, 7) is 3.98. The average Bonchev–Trinajstić information content (AvgIpc) is 3.01. The topological polar surface area (TPSA) is 54.3 Å². The van der Waals surface area contributed by atoms with Crippen LogP contribution in [0.2, 0.25) is 0 Å². The minimum Gasteiger partial charge on any atom is -0.450 e. The van der Waals surface area contributed by atoms with Gasteiger partial charge in [0.1, 0.15) is 5.58 Å². The smallest absolute Gasteiger partial charge is 0.287 e. The molecule has 2 bridgehead atoms. The lowest BCUT2D eigenvalue weighted by Crippen LogP contribution is -2.48. The normalized spacial score (nSPS) is 27.3. The first-order valence-corrected chi connectivity index (χ1v) is 8.17. The Morgan fingerprint density at radius 1 is 1.23 bits per heavy atom. The van der Waals surface area contributed by atoms with Crippen LogP contribution in [0.5, 0.6) is 0 Å². The van der Waals surface area contributed by atoms with Crippen LogP contribution in [0.3, 0.4) is 0 Å². The Balaban J connectivity index is 1.58. The number of rotatable bonds is 2. The molecule has 0 spiro atoms. The summed E-state index contributed by atoms with van der Waals surface area (Å²) >= 11 is 0. The number of para-hydroxylation sites is 1. The van der Waals surface area contributed by atoms with Crippen molar-refractivity contribution in [2.24, 2.45) is 0 Å². The maximum absolute atomic E-state index is 12.6. The number of piperidine rings is 1. The van der Waals surface area contributed by atoms with Gasteiger partial charge in [-0.1, -0.05) is 18.2 Å². The van der Waals surface area contributed by atoms with Gasteiger partial charge in [0.05, 0.1) is 0 Å². The number of benzene rings is 1. The molecule has 116 valence electrons. The Morgan fingerprint density at radius 2 is 1.95 bits per heavy atom. The van der Waals surface area contributed by atoms with Crippen molar-refractivity contribution in [1.29, 1.82) is 0 Å². The number of nitrogens with one attached hydrogen (secondary N) is 2. The molecule has 2 aliphatic rings. The lowest BCUT2D eigenvalue weighted by molar-refractivity contribution is 0.0897. The highest BCUT2D eigenvalue weighted by molar-refractivity contribution is 5.99. The van der Waals surface area contributed by atoms with E-state index < -0.39 is 0 Å². The minimum absolute atomic E-state index is 0.0700. The van der Waals surface area contributed by atoms with Crippen LogP contribution in [0.15, 0.2) is 22.6 Å². The fraction of sp³-hybridized carbons (Fsp3) is 0.500. The van der Waals surface area contributed by atoms with Crippen molar-refractivity contribution in [2.45, 2.75) is 57.7 Å². The zero-order chi connectivity index (χ0) is 15.3. The van der Waals surface area contributed by atoms with Gasteiger partial charge in [-0.2, -0.15) is 0 Å². The number of hydrogen-bond donors (Lipinski definition) is 2. The summed E-state index contributed by atoms with van der Waals surface area (Å²) in [5.41, 5.74) is 2.84. The van der Waals surface area contributed by atoms with Crippen molar-refractivity contribution in [3.05, 3.63) is 35.1 Å². The molecule has 2 unspecified atom stereocenters. The van der Waals surface area contributed by atoms with E-state index in [-0.39, 0.29) is 11.9 Å². The highest BCUT2D eigenvalue weighted by Gasteiger charge is 2.34. The van der Waals surface area contributed by atoms with E-state index in [1.165, 1.54) is 12.8 Å². The number of fused-ring (bicyclic) bond motifs is 3. The van der Waals surface area contributed by atoms with Crippen LogP contribution >= 0.6 is 0 Å². The molecule has 4 heteroatoms. The molecule has 2 N–H and O–H groups in total. The van der Waals surface area contributed by atoms with Crippen molar-refractivity contribution < 1.29 is 9.21 Å². The van der Waals surface area contributed by atoms with Crippen molar-refractivity contribution in [3.63, 3.8) is 0 Å². The third-order valence-corrected chi connectivity index (χ3v) is 5.18. The van der Waals surface area contributed by atoms with Gasteiger partial charge in [0.2, 0.25) is 0 Å². The zero-order valence-corrected chi connectivity index (χ0v) is 13.1. The van der Waals surface area contributed by atoms with Gasteiger partial charge in [0, 0.05) is 29.1 Å². The molecule has 22 heavy (non-hydrogen) atoms. The van der Waals surface area contributed by atoms with Crippen LogP contribution in [0, 0.1) is 13.8 Å². The maximum Gasteiger partial charge on any atom is 0.287 e.